The van der Waals surface area contributed by atoms with Crippen LogP contribution in [0, 0.1) is 5.92 Å². The summed E-state index contributed by atoms with van der Waals surface area (Å²) in [6.45, 7) is 3.01. The molecule has 4 nitrogen and oxygen atoms in total. The van der Waals surface area contributed by atoms with Gasteiger partial charge >= 0.3 is 0 Å². The first-order chi connectivity index (χ1) is 10.1. The average Bonchev–Trinajstić information content (AvgIpc) is 2.49. The van der Waals surface area contributed by atoms with Crippen LogP contribution in [0.4, 0.5) is 5.69 Å². The summed E-state index contributed by atoms with van der Waals surface area (Å²) in [5.74, 6) is 0.870. The number of para-hydroxylation sites is 1. The summed E-state index contributed by atoms with van der Waals surface area (Å²) < 4.78 is 0. The van der Waals surface area contributed by atoms with Crippen molar-refractivity contribution in [1.82, 2.24) is 9.80 Å². The van der Waals surface area contributed by atoms with E-state index in [0.29, 0.717) is 18.4 Å². The van der Waals surface area contributed by atoms with E-state index in [9.17, 15) is 4.79 Å². The molecule has 0 aliphatic carbocycles. The first kappa shape index (κ1) is 14.4. The van der Waals surface area contributed by atoms with Gasteiger partial charge in [0, 0.05) is 24.8 Å². The summed E-state index contributed by atoms with van der Waals surface area (Å²) in [4.78, 5) is 17.1. The molecule has 2 aliphatic heterocycles. The molecule has 2 fully saturated rings. The number of nitrogens with two attached hydrogens (primary N) is 1. The Morgan fingerprint density at radius 2 is 2.10 bits per heavy atom. The van der Waals surface area contributed by atoms with Gasteiger partial charge in [0.25, 0.3) is 0 Å². The molecule has 2 atom stereocenters. The number of amides is 1. The number of fused-ring (bicyclic) bond motifs is 1. The van der Waals surface area contributed by atoms with Gasteiger partial charge in [-0.3, -0.25) is 4.79 Å². The van der Waals surface area contributed by atoms with Crippen LogP contribution in [0.25, 0.3) is 0 Å². The lowest BCUT2D eigenvalue weighted by Gasteiger charge is -2.46. The van der Waals surface area contributed by atoms with Crippen LogP contribution in [0.3, 0.4) is 0 Å². The molecule has 1 aromatic rings. The Kier molecular flexibility index (Phi) is 4.15. The van der Waals surface area contributed by atoms with E-state index >= 15 is 0 Å². The number of hydrogen-bond acceptors (Lipinski definition) is 3. The summed E-state index contributed by atoms with van der Waals surface area (Å²) in [5, 5.41) is 0. The Morgan fingerprint density at radius 3 is 2.90 bits per heavy atom. The Morgan fingerprint density at radius 1 is 1.29 bits per heavy atom. The van der Waals surface area contributed by atoms with Crippen molar-refractivity contribution in [1.29, 1.82) is 0 Å². The predicted octanol–water partition coefficient (Wildman–Crippen LogP) is 1.75. The van der Waals surface area contributed by atoms with Crippen molar-refractivity contribution in [3.05, 3.63) is 29.8 Å². The van der Waals surface area contributed by atoms with Crippen LogP contribution in [-0.4, -0.2) is 48.4 Å². The fourth-order valence-electron chi connectivity index (χ4n) is 3.85. The van der Waals surface area contributed by atoms with E-state index < -0.39 is 0 Å². The van der Waals surface area contributed by atoms with Crippen molar-refractivity contribution >= 4 is 11.6 Å². The minimum Gasteiger partial charge on any atom is -0.398 e. The lowest BCUT2D eigenvalue weighted by molar-refractivity contribution is -0.134. The number of carbonyl (C=O) groups is 1. The molecule has 0 saturated carbocycles. The molecule has 1 aromatic carbocycles. The molecular weight excluding hydrogens is 262 g/mol. The van der Waals surface area contributed by atoms with Crippen molar-refractivity contribution < 1.29 is 4.79 Å². The van der Waals surface area contributed by atoms with Crippen molar-refractivity contribution in [3.8, 4) is 0 Å². The van der Waals surface area contributed by atoms with Gasteiger partial charge in [-0.1, -0.05) is 18.2 Å². The molecule has 1 amide bonds. The molecular formula is C17H25N3O. The molecule has 0 bridgehead atoms. The predicted molar refractivity (Wildman–Crippen MR) is 84.9 cm³/mol. The van der Waals surface area contributed by atoms with E-state index in [1.54, 1.807) is 0 Å². The highest BCUT2D eigenvalue weighted by Crippen LogP contribution is 2.29. The molecule has 2 aliphatic rings. The van der Waals surface area contributed by atoms with Gasteiger partial charge in [-0.25, -0.2) is 0 Å². The number of nitrogens with zero attached hydrogens (tertiary/aromatic N) is 2. The summed E-state index contributed by atoms with van der Waals surface area (Å²) >= 11 is 0. The molecule has 2 heterocycles. The van der Waals surface area contributed by atoms with E-state index in [2.05, 4.69) is 11.9 Å². The number of nitrogen functional groups attached to an aromatic ring is 1. The third-order valence-corrected chi connectivity index (χ3v) is 5.10. The Bertz CT molecular complexity index is 517. The molecule has 3 rings (SSSR count). The number of piperidine rings is 2. The molecule has 21 heavy (non-hydrogen) atoms. The van der Waals surface area contributed by atoms with Crippen LogP contribution in [0.1, 0.15) is 24.8 Å². The number of rotatable bonds is 2. The summed E-state index contributed by atoms with van der Waals surface area (Å²) in [7, 11) is 2.22. The Labute approximate surface area is 126 Å². The van der Waals surface area contributed by atoms with Crippen LogP contribution in [0.15, 0.2) is 24.3 Å². The quantitative estimate of drug-likeness (QED) is 0.843. The maximum Gasteiger partial charge on any atom is 0.227 e. The molecule has 0 aromatic heterocycles. The average molecular weight is 287 g/mol. The van der Waals surface area contributed by atoms with Gasteiger partial charge in [0.1, 0.15) is 0 Å². The molecule has 0 radical (unpaired) electrons. The van der Waals surface area contributed by atoms with E-state index in [4.69, 9.17) is 5.73 Å². The highest BCUT2D eigenvalue weighted by molar-refractivity contribution is 5.80. The SMILES string of the molecule is CN1CCCC2CN(C(=O)Cc3ccccc3N)CCC21. The lowest BCUT2D eigenvalue weighted by Crippen LogP contribution is -2.54. The van der Waals surface area contributed by atoms with Gasteiger partial charge in [-0.05, 0) is 50.4 Å². The Balaban J connectivity index is 1.63. The first-order valence-corrected chi connectivity index (χ1v) is 7.96. The number of benzene rings is 1. The van der Waals surface area contributed by atoms with Gasteiger partial charge in [-0.15, -0.1) is 0 Å². The van der Waals surface area contributed by atoms with Gasteiger partial charge in [-0.2, -0.15) is 0 Å². The van der Waals surface area contributed by atoms with Gasteiger partial charge in [0.15, 0.2) is 0 Å². The third kappa shape index (κ3) is 3.05. The minimum absolute atomic E-state index is 0.222. The minimum atomic E-state index is 0.222. The highest BCUT2D eigenvalue weighted by atomic mass is 16.2. The second kappa shape index (κ2) is 6.06. The van der Waals surface area contributed by atoms with Gasteiger partial charge < -0.3 is 15.5 Å². The molecule has 2 unspecified atom stereocenters. The van der Waals surface area contributed by atoms with E-state index in [-0.39, 0.29) is 5.91 Å². The van der Waals surface area contributed by atoms with Gasteiger partial charge in [0.05, 0.1) is 6.42 Å². The van der Waals surface area contributed by atoms with Crippen LogP contribution in [0.2, 0.25) is 0 Å². The highest BCUT2D eigenvalue weighted by Gasteiger charge is 2.35. The zero-order chi connectivity index (χ0) is 14.8. The lowest BCUT2D eigenvalue weighted by atomic mass is 9.84. The second-order valence-electron chi connectivity index (χ2n) is 6.45. The molecule has 2 N–H and O–H groups in total. The summed E-state index contributed by atoms with van der Waals surface area (Å²) in [5.41, 5.74) is 7.62. The van der Waals surface area contributed by atoms with Crippen molar-refractivity contribution in [3.63, 3.8) is 0 Å². The first-order valence-electron chi connectivity index (χ1n) is 7.96. The third-order valence-electron chi connectivity index (χ3n) is 5.10. The van der Waals surface area contributed by atoms with Crippen molar-refractivity contribution in [2.45, 2.75) is 31.7 Å². The monoisotopic (exact) mass is 287 g/mol. The maximum atomic E-state index is 12.5. The fourth-order valence-corrected chi connectivity index (χ4v) is 3.85. The van der Waals surface area contributed by atoms with Crippen molar-refractivity contribution in [2.24, 2.45) is 5.92 Å². The number of hydrogen-bond donors (Lipinski definition) is 1. The van der Waals surface area contributed by atoms with E-state index in [1.165, 1.54) is 19.4 Å². The maximum absolute atomic E-state index is 12.5. The largest absolute Gasteiger partial charge is 0.398 e. The van der Waals surface area contributed by atoms with Crippen LogP contribution in [-0.2, 0) is 11.2 Å². The zero-order valence-corrected chi connectivity index (χ0v) is 12.8. The van der Waals surface area contributed by atoms with E-state index in [1.807, 2.05) is 29.2 Å². The molecule has 114 valence electrons. The summed E-state index contributed by atoms with van der Waals surface area (Å²) in [6.07, 6.45) is 4.05. The number of likely N-dealkylation sites (tertiary alicyclic amines) is 2. The Hall–Kier alpha value is -1.55. The van der Waals surface area contributed by atoms with E-state index in [0.717, 1.165) is 30.8 Å². The van der Waals surface area contributed by atoms with Crippen LogP contribution >= 0.6 is 0 Å². The topological polar surface area (TPSA) is 49.6 Å². The number of carbonyl (C=O) groups excluding carboxylic acids is 1. The fraction of sp³-hybridized carbons (Fsp3) is 0.588. The molecule has 2 saturated heterocycles. The standard InChI is InChI=1S/C17H25N3O/c1-19-9-4-6-14-12-20(10-8-16(14)19)17(21)11-13-5-2-3-7-15(13)18/h2-3,5,7,14,16H,4,6,8-12,18H2,1H3. The normalized spacial score (nSPS) is 26.4. The smallest absolute Gasteiger partial charge is 0.227 e. The second-order valence-corrected chi connectivity index (χ2v) is 6.45. The van der Waals surface area contributed by atoms with Crippen molar-refractivity contribution in [2.75, 3.05) is 32.4 Å². The molecule has 4 heteroatoms. The number of anilines is 1. The summed E-state index contributed by atoms with van der Waals surface area (Å²) in [6, 6.07) is 8.34. The molecule has 0 spiro atoms. The van der Waals surface area contributed by atoms with Crippen LogP contribution in [0.5, 0.6) is 0 Å². The zero-order valence-electron chi connectivity index (χ0n) is 12.8. The van der Waals surface area contributed by atoms with Gasteiger partial charge in [0.2, 0.25) is 5.91 Å². The van der Waals surface area contributed by atoms with Crippen LogP contribution < -0.4 is 5.73 Å².